The summed E-state index contributed by atoms with van der Waals surface area (Å²) in [6.07, 6.45) is 3.34. The number of nitrogens with one attached hydrogen (secondary N) is 1. The second-order valence-corrected chi connectivity index (χ2v) is 9.24. The van der Waals surface area contributed by atoms with E-state index in [0.717, 1.165) is 36.9 Å². The summed E-state index contributed by atoms with van der Waals surface area (Å²) in [7, 11) is 0. The number of nitrogens with zero attached hydrogens (tertiary/aromatic N) is 3. The van der Waals surface area contributed by atoms with Gasteiger partial charge in [-0.1, -0.05) is 29.8 Å². The zero-order valence-corrected chi connectivity index (χ0v) is 18.5. The third kappa shape index (κ3) is 3.97. The maximum absolute atomic E-state index is 15.1. The van der Waals surface area contributed by atoms with Crippen LogP contribution in [0.2, 0.25) is 5.02 Å². The Morgan fingerprint density at radius 2 is 1.94 bits per heavy atom. The average Bonchev–Trinajstić information content (AvgIpc) is 3.43. The Morgan fingerprint density at radius 1 is 1.19 bits per heavy atom. The number of aryl methyl sites for hydroxylation is 1. The van der Waals surface area contributed by atoms with Crippen molar-refractivity contribution >= 4 is 17.5 Å². The van der Waals surface area contributed by atoms with E-state index in [2.05, 4.69) is 10.2 Å². The number of carbonyl (C=O) groups excluding carboxylic acids is 1. The van der Waals surface area contributed by atoms with E-state index in [-0.39, 0.29) is 23.4 Å². The van der Waals surface area contributed by atoms with Gasteiger partial charge < -0.3 is 4.90 Å². The van der Waals surface area contributed by atoms with Crippen molar-refractivity contribution in [1.29, 1.82) is 0 Å². The minimum Gasteiger partial charge on any atom is -0.342 e. The number of carbonyl (C=O) groups is 1. The molecule has 6 nitrogen and oxygen atoms in total. The Morgan fingerprint density at radius 3 is 2.66 bits per heavy atom. The molecule has 1 aromatic heterocycles. The minimum atomic E-state index is -0.513. The van der Waals surface area contributed by atoms with Crippen LogP contribution in [-0.4, -0.2) is 38.7 Å². The number of aromatic amines is 1. The Balaban J connectivity index is 1.38. The quantitative estimate of drug-likeness (QED) is 0.630. The standard InChI is InChI=1S/C24H24ClFN4O2/c1-14-2-3-17(11-19(14)25)18-6-7-21(20(26)12-18)30-22(27-28-24(30)32)10-15-8-9-29(13-15)23(31)16-4-5-16/h2-3,6-7,11-12,15-16H,4-5,8-10,13H2,1H3,(H,28,32). The monoisotopic (exact) mass is 454 g/mol. The number of hydrogen-bond donors (Lipinski definition) is 1. The number of rotatable bonds is 5. The van der Waals surface area contributed by atoms with Crippen LogP contribution >= 0.6 is 11.6 Å². The topological polar surface area (TPSA) is 71.0 Å². The Labute approximate surface area is 190 Å². The molecule has 0 bridgehead atoms. The van der Waals surface area contributed by atoms with Crippen molar-refractivity contribution in [2.45, 2.75) is 32.6 Å². The molecule has 8 heteroatoms. The molecule has 2 aromatic carbocycles. The molecule has 1 atom stereocenters. The van der Waals surface area contributed by atoms with Gasteiger partial charge in [0, 0.05) is 30.5 Å². The van der Waals surface area contributed by atoms with E-state index in [1.54, 1.807) is 18.2 Å². The molecule has 3 aromatic rings. The van der Waals surface area contributed by atoms with Crippen LogP contribution in [0.5, 0.6) is 0 Å². The van der Waals surface area contributed by atoms with Crippen molar-refractivity contribution in [3.8, 4) is 16.8 Å². The lowest BCUT2D eigenvalue weighted by Gasteiger charge is -2.16. The summed E-state index contributed by atoms with van der Waals surface area (Å²) in [5.41, 5.74) is 2.11. The summed E-state index contributed by atoms with van der Waals surface area (Å²) in [4.78, 5) is 26.7. The molecule has 2 aliphatic rings. The number of H-pyrrole nitrogens is 1. The SMILES string of the molecule is Cc1ccc(-c2ccc(-n3c(CC4CCN(C(=O)C5CC5)C4)n[nH]c3=O)c(F)c2)cc1Cl. The van der Waals surface area contributed by atoms with Crippen LogP contribution in [0.1, 0.15) is 30.7 Å². The normalized spacial score (nSPS) is 18.3. The molecule has 166 valence electrons. The fourth-order valence-electron chi connectivity index (χ4n) is 4.40. The van der Waals surface area contributed by atoms with Crippen molar-refractivity contribution in [2.24, 2.45) is 11.8 Å². The lowest BCUT2D eigenvalue weighted by atomic mass is 10.0. The van der Waals surface area contributed by atoms with Gasteiger partial charge in [0.1, 0.15) is 11.6 Å². The van der Waals surface area contributed by atoms with Gasteiger partial charge in [-0.15, -0.1) is 0 Å². The Kier molecular flexibility index (Phi) is 5.37. The van der Waals surface area contributed by atoms with E-state index in [1.807, 2.05) is 24.0 Å². The molecule has 1 N–H and O–H groups in total. The van der Waals surface area contributed by atoms with Gasteiger partial charge >= 0.3 is 5.69 Å². The zero-order valence-electron chi connectivity index (χ0n) is 17.8. The van der Waals surface area contributed by atoms with E-state index < -0.39 is 11.5 Å². The Bertz CT molecular complexity index is 1250. The number of hydrogen-bond acceptors (Lipinski definition) is 3. The van der Waals surface area contributed by atoms with E-state index in [1.165, 1.54) is 10.6 Å². The Hall–Kier alpha value is -2.93. The van der Waals surface area contributed by atoms with Gasteiger partial charge in [-0.05, 0) is 67.0 Å². The minimum absolute atomic E-state index is 0.157. The lowest BCUT2D eigenvalue weighted by molar-refractivity contribution is -0.131. The van der Waals surface area contributed by atoms with E-state index in [4.69, 9.17) is 11.6 Å². The summed E-state index contributed by atoms with van der Waals surface area (Å²) in [6.45, 7) is 3.30. The zero-order chi connectivity index (χ0) is 22.4. The third-order valence-corrected chi connectivity index (χ3v) is 6.84. The molecule has 1 aliphatic heterocycles. The summed E-state index contributed by atoms with van der Waals surface area (Å²) in [6, 6.07) is 10.4. The summed E-state index contributed by atoms with van der Waals surface area (Å²) >= 11 is 6.21. The van der Waals surface area contributed by atoms with Gasteiger partial charge in [0.15, 0.2) is 0 Å². The van der Waals surface area contributed by atoms with Gasteiger partial charge in [0.2, 0.25) is 5.91 Å². The second-order valence-electron chi connectivity index (χ2n) is 8.83. The predicted octanol–water partition coefficient (Wildman–Crippen LogP) is 4.13. The van der Waals surface area contributed by atoms with Crippen LogP contribution in [-0.2, 0) is 11.2 Å². The fraction of sp³-hybridized carbons (Fsp3) is 0.375. The summed E-state index contributed by atoms with van der Waals surface area (Å²) in [5.74, 6) is 0.605. The van der Waals surface area contributed by atoms with Crippen LogP contribution in [0, 0.1) is 24.6 Å². The van der Waals surface area contributed by atoms with Crippen molar-refractivity contribution in [2.75, 3.05) is 13.1 Å². The van der Waals surface area contributed by atoms with E-state index >= 15 is 4.39 Å². The summed E-state index contributed by atoms with van der Waals surface area (Å²) < 4.78 is 16.4. The van der Waals surface area contributed by atoms with Gasteiger partial charge in [0.25, 0.3) is 0 Å². The molecule has 1 aliphatic carbocycles. The number of benzene rings is 2. The second kappa shape index (κ2) is 8.20. The molecule has 2 fully saturated rings. The lowest BCUT2D eigenvalue weighted by Crippen LogP contribution is -2.30. The van der Waals surface area contributed by atoms with Crippen LogP contribution in [0.15, 0.2) is 41.2 Å². The van der Waals surface area contributed by atoms with Crippen molar-refractivity contribution in [3.05, 3.63) is 69.1 Å². The van der Waals surface area contributed by atoms with E-state index in [9.17, 15) is 9.59 Å². The van der Waals surface area contributed by atoms with Crippen molar-refractivity contribution < 1.29 is 9.18 Å². The van der Waals surface area contributed by atoms with Crippen LogP contribution < -0.4 is 5.69 Å². The first-order valence-electron chi connectivity index (χ1n) is 10.9. The first-order chi connectivity index (χ1) is 15.4. The highest BCUT2D eigenvalue weighted by molar-refractivity contribution is 6.31. The number of likely N-dealkylation sites (tertiary alicyclic amines) is 1. The largest absolute Gasteiger partial charge is 0.348 e. The molecular weight excluding hydrogens is 431 g/mol. The molecule has 0 radical (unpaired) electrons. The van der Waals surface area contributed by atoms with Crippen molar-refractivity contribution in [1.82, 2.24) is 19.7 Å². The first-order valence-corrected chi connectivity index (χ1v) is 11.3. The predicted molar refractivity (Wildman–Crippen MR) is 120 cm³/mol. The highest BCUT2D eigenvalue weighted by Gasteiger charge is 2.37. The molecule has 1 saturated heterocycles. The molecule has 1 unspecified atom stereocenters. The van der Waals surface area contributed by atoms with Gasteiger partial charge in [-0.25, -0.2) is 18.9 Å². The molecule has 5 rings (SSSR count). The van der Waals surface area contributed by atoms with Gasteiger partial charge in [-0.3, -0.25) is 4.79 Å². The maximum Gasteiger partial charge on any atom is 0.348 e. The maximum atomic E-state index is 15.1. The smallest absolute Gasteiger partial charge is 0.342 e. The number of amides is 1. The third-order valence-electron chi connectivity index (χ3n) is 6.43. The highest BCUT2D eigenvalue weighted by atomic mass is 35.5. The van der Waals surface area contributed by atoms with E-state index in [0.29, 0.717) is 29.4 Å². The number of halogens is 2. The highest BCUT2D eigenvalue weighted by Crippen LogP contribution is 2.33. The average molecular weight is 455 g/mol. The van der Waals surface area contributed by atoms with Crippen LogP contribution in [0.25, 0.3) is 16.8 Å². The fourth-order valence-corrected chi connectivity index (χ4v) is 4.58. The molecule has 1 amide bonds. The van der Waals surface area contributed by atoms with Crippen LogP contribution in [0.3, 0.4) is 0 Å². The molecule has 0 spiro atoms. The first kappa shape index (κ1) is 20.9. The number of aromatic nitrogens is 3. The molecule has 32 heavy (non-hydrogen) atoms. The van der Waals surface area contributed by atoms with Gasteiger partial charge in [-0.2, -0.15) is 5.10 Å². The summed E-state index contributed by atoms with van der Waals surface area (Å²) in [5, 5.41) is 7.22. The molecular formula is C24H24ClFN4O2. The molecule has 1 saturated carbocycles. The van der Waals surface area contributed by atoms with Gasteiger partial charge in [0.05, 0.1) is 5.69 Å². The molecule has 2 heterocycles. The van der Waals surface area contributed by atoms with Crippen LogP contribution in [0.4, 0.5) is 4.39 Å². The van der Waals surface area contributed by atoms with Crippen molar-refractivity contribution in [3.63, 3.8) is 0 Å².